The molecule has 0 saturated carbocycles. The molecule has 1 unspecified atom stereocenters. The van der Waals surface area contributed by atoms with Gasteiger partial charge in [-0.3, -0.25) is 4.68 Å². The van der Waals surface area contributed by atoms with Crippen LogP contribution in [0.3, 0.4) is 0 Å². The Morgan fingerprint density at radius 1 is 1.15 bits per heavy atom. The lowest BCUT2D eigenvalue weighted by atomic mass is 10.1. The summed E-state index contributed by atoms with van der Waals surface area (Å²) in [4.78, 5) is 8.75. The van der Waals surface area contributed by atoms with E-state index in [1.165, 1.54) is 0 Å². The second kappa shape index (κ2) is 8.26. The first-order valence-corrected chi connectivity index (χ1v) is 9.09. The Labute approximate surface area is 163 Å². The van der Waals surface area contributed by atoms with Crippen molar-refractivity contribution in [2.24, 2.45) is 0 Å². The fourth-order valence-corrected chi connectivity index (χ4v) is 2.80. The third-order valence-corrected chi connectivity index (χ3v) is 4.37. The first kappa shape index (κ1) is 19.0. The van der Waals surface area contributed by atoms with E-state index >= 15 is 0 Å². The first-order chi connectivity index (χ1) is 13.0. The number of nitrogens with zero attached hydrogens (tertiary/aromatic N) is 4. The van der Waals surface area contributed by atoms with Crippen molar-refractivity contribution in [2.75, 3.05) is 17.7 Å². The van der Waals surface area contributed by atoms with Crippen LogP contribution in [0.2, 0.25) is 5.02 Å². The summed E-state index contributed by atoms with van der Waals surface area (Å²) < 4.78 is 7.29. The minimum atomic E-state index is -0.0508. The van der Waals surface area contributed by atoms with Crippen LogP contribution in [0.4, 0.5) is 17.5 Å². The fourth-order valence-electron chi connectivity index (χ4n) is 2.65. The molecule has 0 spiro atoms. The lowest BCUT2D eigenvalue weighted by Gasteiger charge is -2.18. The summed E-state index contributed by atoms with van der Waals surface area (Å²) in [5.74, 6) is 1.79. The monoisotopic (exact) mass is 386 g/mol. The number of nitrogens with one attached hydrogen (secondary N) is 2. The molecule has 27 heavy (non-hydrogen) atoms. The smallest absolute Gasteiger partial charge is 0.229 e. The fraction of sp³-hybridized carbons (Fsp3) is 0.316. The Hall–Kier alpha value is -2.80. The van der Waals surface area contributed by atoms with Crippen LogP contribution in [0.1, 0.15) is 38.4 Å². The molecule has 3 rings (SSSR count). The zero-order valence-corrected chi connectivity index (χ0v) is 16.5. The minimum Gasteiger partial charge on any atom is -0.496 e. The highest BCUT2D eigenvalue weighted by Gasteiger charge is 2.14. The van der Waals surface area contributed by atoms with Crippen LogP contribution in [-0.4, -0.2) is 26.9 Å². The Morgan fingerprint density at radius 3 is 2.63 bits per heavy atom. The highest BCUT2D eigenvalue weighted by molar-refractivity contribution is 6.32. The van der Waals surface area contributed by atoms with Gasteiger partial charge in [-0.15, -0.1) is 0 Å². The molecule has 0 aliphatic carbocycles. The standard InChI is InChI=1S/C19H23ClN6O/c1-12(2)26-11-14(9-22-26)24-19-21-10-16(20)18(25-19)23-13(3)15-7-5-6-8-17(15)27-4/h5-13H,1-4H3,(H2,21,23,24,25). The van der Waals surface area contributed by atoms with Gasteiger partial charge in [0.1, 0.15) is 10.8 Å². The summed E-state index contributed by atoms with van der Waals surface area (Å²) in [5.41, 5.74) is 1.83. The van der Waals surface area contributed by atoms with E-state index in [1.807, 2.05) is 42.1 Å². The predicted molar refractivity (Wildman–Crippen MR) is 108 cm³/mol. The molecule has 0 saturated heterocycles. The summed E-state index contributed by atoms with van der Waals surface area (Å²) >= 11 is 6.29. The number of hydrogen-bond acceptors (Lipinski definition) is 6. The first-order valence-electron chi connectivity index (χ1n) is 8.71. The average Bonchev–Trinajstić information content (AvgIpc) is 3.13. The van der Waals surface area contributed by atoms with Crippen LogP contribution in [-0.2, 0) is 0 Å². The van der Waals surface area contributed by atoms with Gasteiger partial charge in [-0.2, -0.15) is 10.1 Å². The topological polar surface area (TPSA) is 76.9 Å². The molecule has 0 aliphatic rings. The highest BCUT2D eigenvalue weighted by atomic mass is 35.5. The maximum Gasteiger partial charge on any atom is 0.229 e. The van der Waals surface area contributed by atoms with Gasteiger partial charge in [0.2, 0.25) is 5.95 Å². The van der Waals surface area contributed by atoms with E-state index in [0.717, 1.165) is 17.0 Å². The van der Waals surface area contributed by atoms with Crippen molar-refractivity contribution in [3.8, 4) is 5.75 Å². The van der Waals surface area contributed by atoms with Gasteiger partial charge < -0.3 is 15.4 Å². The van der Waals surface area contributed by atoms with Crippen LogP contribution in [0.15, 0.2) is 42.9 Å². The van der Waals surface area contributed by atoms with Crippen LogP contribution < -0.4 is 15.4 Å². The predicted octanol–water partition coefficient (Wildman–Crippen LogP) is 4.83. The summed E-state index contributed by atoms with van der Waals surface area (Å²) in [7, 11) is 1.66. The molecule has 7 nitrogen and oxygen atoms in total. The molecule has 2 heterocycles. The van der Waals surface area contributed by atoms with Gasteiger partial charge in [-0.1, -0.05) is 29.8 Å². The van der Waals surface area contributed by atoms with E-state index in [9.17, 15) is 0 Å². The van der Waals surface area contributed by atoms with Crippen molar-refractivity contribution in [1.29, 1.82) is 0 Å². The summed E-state index contributed by atoms with van der Waals surface area (Å²) in [5, 5.41) is 11.2. The Kier molecular flexibility index (Phi) is 5.81. The quantitative estimate of drug-likeness (QED) is 0.605. The summed E-state index contributed by atoms with van der Waals surface area (Å²) in [6.45, 7) is 6.16. The number of aromatic nitrogens is 4. The summed E-state index contributed by atoms with van der Waals surface area (Å²) in [6, 6.07) is 8.07. The van der Waals surface area contributed by atoms with Crippen molar-refractivity contribution in [3.63, 3.8) is 0 Å². The highest BCUT2D eigenvalue weighted by Crippen LogP contribution is 2.30. The van der Waals surface area contributed by atoms with Crippen LogP contribution in [0.25, 0.3) is 0 Å². The number of anilines is 3. The van der Waals surface area contributed by atoms with Gasteiger partial charge in [0, 0.05) is 17.8 Å². The second-order valence-electron chi connectivity index (χ2n) is 6.43. The lowest BCUT2D eigenvalue weighted by molar-refractivity contribution is 0.408. The van der Waals surface area contributed by atoms with Gasteiger partial charge in [-0.25, -0.2) is 4.98 Å². The van der Waals surface area contributed by atoms with Gasteiger partial charge in [0.15, 0.2) is 5.82 Å². The number of rotatable bonds is 7. The number of methoxy groups -OCH3 is 1. The Bertz CT molecular complexity index is 911. The van der Waals surface area contributed by atoms with Crippen molar-refractivity contribution < 1.29 is 4.74 Å². The molecular formula is C19H23ClN6O. The van der Waals surface area contributed by atoms with E-state index in [2.05, 4.69) is 39.5 Å². The maximum atomic E-state index is 6.29. The molecule has 0 aliphatic heterocycles. The van der Waals surface area contributed by atoms with E-state index in [0.29, 0.717) is 16.8 Å². The zero-order chi connectivity index (χ0) is 19.4. The second-order valence-corrected chi connectivity index (χ2v) is 6.83. The van der Waals surface area contributed by atoms with Crippen molar-refractivity contribution in [3.05, 3.63) is 53.4 Å². The summed E-state index contributed by atoms with van der Waals surface area (Å²) in [6.07, 6.45) is 5.22. The number of benzene rings is 1. The van der Waals surface area contributed by atoms with Crippen LogP contribution in [0, 0.1) is 0 Å². The number of hydrogen-bond donors (Lipinski definition) is 2. The van der Waals surface area contributed by atoms with Gasteiger partial charge >= 0.3 is 0 Å². The largest absolute Gasteiger partial charge is 0.496 e. The van der Waals surface area contributed by atoms with Crippen molar-refractivity contribution in [1.82, 2.24) is 19.7 Å². The number of para-hydroxylation sites is 1. The molecule has 3 aromatic rings. The van der Waals surface area contributed by atoms with E-state index < -0.39 is 0 Å². The Balaban J connectivity index is 1.78. The molecule has 1 atom stereocenters. The number of ether oxygens (including phenoxy) is 1. The normalized spacial score (nSPS) is 12.1. The molecule has 1 aromatic carbocycles. The zero-order valence-electron chi connectivity index (χ0n) is 15.8. The van der Waals surface area contributed by atoms with Crippen molar-refractivity contribution >= 4 is 29.1 Å². The molecule has 2 N–H and O–H groups in total. The van der Waals surface area contributed by atoms with Gasteiger partial charge in [-0.05, 0) is 26.8 Å². The minimum absolute atomic E-state index is 0.0508. The Morgan fingerprint density at radius 2 is 1.93 bits per heavy atom. The number of halogens is 1. The molecule has 0 amide bonds. The molecule has 0 fully saturated rings. The average molecular weight is 387 g/mol. The van der Waals surface area contributed by atoms with Crippen molar-refractivity contribution in [2.45, 2.75) is 32.9 Å². The van der Waals surface area contributed by atoms with Gasteiger partial charge in [0.05, 0.1) is 31.2 Å². The molecular weight excluding hydrogens is 364 g/mol. The van der Waals surface area contributed by atoms with E-state index in [-0.39, 0.29) is 12.1 Å². The maximum absolute atomic E-state index is 6.29. The van der Waals surface area contributed by atoms with Crippen LogP contribution in [0.5, 0.6) is 5.75 Å². The van der Waals surface area contributed by atoms with E-state index in [1.54, 1.807) is 19.5 Å². The third-order valence-electron chi connectivity index (χ3n) is 4.09. The molecule has 142 valence electrons. The van der Waals surface area contributed by atoms with E-state index in [4.69, 9.17) is 16.3 Å². The van der Waals surface area contributed by atoms with Crippen LogP contribution >= 0.6 is 11.6 Å². The third kappa shape index (κ3) is 4.49. The van der Waals surface area contributed by atoms with Gasteiger partial charge in [0.25, 0.3) is 0 Å². The lowest BCUT2D eigenvalue weighted by Crippen LogP contribution is -2.11. The molecule has 0 radical (unpaired) electrons. The SMILES string of the molecule is COc1ccccc1C(C)Nc1nc(Nc2cnn(C(C)C)c2)ncc1Cl. The molecule has 8 heteroatoms. The molecule has 0 bridgehead atoms. The molecule has 2 aromatic heterocycles.